The molecule has 1 aliphatic carbocycles. The molecular weight excluding hydrogens is 230 g/mol. The highest BCUT2D eigenvalue weighted by Gasteiger charge is 2.27. The predicted octanol–water partition coefficient (Wildman–Crippen LogP) is 1.62. The molecule has 18 heavy (non-hydrogen) atoms. The summed E-state index contributed by atoms with van der Waals surface area (Å²) in [6.07, 6.45) is 5.81. The fourth-order valence-electron chi connectivity index (χ4n) is 2.49. The number of rotatable bonds is 5. The van der Waals surface area contributed by atoms with Gasteiger partial charge in [-0.15, -0.1) is 0 Å². The summed E-state index contributed by atoms with van der Waals surface area (Å²) in [6, 6.07) is 2.36. The van der Waals surface area contributed by atoms with Crippen molar-refractivity contribution in [3.63, 3.8) is 0 Å². The molecule has 1 heterocycles. The average Bonchev–Trinajstić information content (AvgIpc) is 2.90. The lowest BCUT2D eigenvalue weighted by Gasteiger charge is -2.28. The van der Waals surface area contributed by atoms with Gasteiger partial charge in [0.2, 0.25) is 0 Å². The Morgan fingerprint density at radius 3 is 3.22 bits per heavy atom. The van der Waals surface area contributed by atoms with Crippen LogP contribution in [0.15, 0.2) is 12.3 Å². The van der Waals surface area contributed by atoms with Gasteiger partial charge in [0.05, 0.1) is 12.5 Å². The van der Waals surface area contributed by atoms with Crippen molar-refractivity contribution in [2.75, 3.05) is 6.61 Å². The van der Waals surface area contributed by atoms with E-state index >= 15 is 0 Å². The number of carbonyl (C=O) groups excluding carboxylic acids is 1. The molecule has 2 atom stereocenters. The van der Waals surface area contributed by atoms with Gasteiger partial charge in [-0.2, -0.15) is 5.10 Å². The average molecular weight is 251 g/mol. The fourth-order valence-corrected chi connectivity index (χ4v) is 2.49. The fraction of sp³-hybridized carbons (Fsp3) is 0.692. The third kappa shape index (κ3) is 3.57. The molecule has 1 fully saturated rings. The van der Waals surface area contributed by atoms with Crippen LogP contribution in [0, 0.1) is 5.92 Å². The Morgan fingerprint density at radius 1 is 1.61 bits per heavy atom. The number of hydrogen-bond donors (Lipinski definition) is 2. The van der Waals surface area contributed by atoms with E-state index in [1.54, 1.807) is 6.20 Å². The highest BCUT2D eigenvalue weighted by atomic mass is 16.5. The van der Waals surface area contributed by atoms with Gasteiger partial charge in [0, 0.05) is 24.5 Å². The molecule has 0 saturated heterocycles. The summed E-state index contributed by atoms with van der Waals surface area (Å²) in [6.45, 7) is 3.11. The first kappa shape index (κ1) is 13.1. The van der Waals surface area contributed by atoms with Crippen LogP contribution in [0.5, 0.6) is 0 Å². The van der Waals surface area contributed by atoms with Crippen LogP contribution in [0.1, 0.15) is 38.3 Å². The molecule has 0 bridgehead atoms. The molecule has 1 aromatic heterocycles. The highest BCUT2D eigenvalue weighted by molar-refractivity contribution is 5.72. The van der Waals surface area contributed by atoms with E-state index in [4.69, 9.17) is 4.74 Å². The van der Waals surface area contributed by atoms with Crippen LogP contribution in [0.3, 0.4) is 0 Å². The molecule has 2 N–H and O–H groups in total. The Balaban J connectivity index is 1.77. The van der Waals surface area contributed by atoms with Gasteiger partial charge in [-0.25, -0.2) is 0 Å². The van der Waals surface area contributed by atoms with Crippen LogP contribution in [-0.2, 0) is 16.1 Å². The summed E-state index contributed by atoms with van der Waals surface area (Å²) in [5, 5.41) is 10.3. The quantitative estimate of drug-likeness (QED) is 0.780. The number of hydrogen-bond acceptors (Lipinski definition) is 4. The van der Waals surface area contributed by atoms with E-state index in [-0.39, 0.29) is 11.9 Å². The Labute approximate surface area is 107 Å². The lowest BCUT2D eigenvalue weighted by molar-refractivity contribution is -0.149. The molecule has 1 saturated carbocycles. The molecule has 0 aliphatic heterocycles. The van der Waals surface area contributed by atoms with Crippen LogP contribution >= 0.6 is 0 Å². The third-order valence-corrected chi connectivity index (χ3v) is 3.43. The summed E-state index contributed by atoms with van der Waals surface area (Å²) in [4.78, 5) is 11.7. The molecule has 100 valence electrons. The van der Waals surface area contributed by atoms with Gasteiger partial charge in [0.25, 0.3) is 0 Å². The minimum absolute atomic E-state index is 0.0365. The Hall–Kier alpha value is -1.36. The van der Waals surface area contributed by atoms with E-state index in [9.17, 15) is 4.79 Å². The minimum atomic E-state index is -0.0365. The molecule has 0 spiro atoms. The standard InChI is InChI=1S/C13H21N3O2/c1-2-18-13(17)10-4-3-5-11(8-10)14-9-12-6-7-15-16-12/h6-7,10-11,14H,2-5,8-9H2,1H3,(H,15,16). The number of H-pyrrole nitrogens is 1. The number of aromatic nitrogens is 2. The van der Waals surface area contributed by atoms with Crippen molar-refractivity contribution in [3.05, 3.63) is 18.0 Å². The molecule has 2 unspecified atom stereocenters. The highest BCUT2D eigenvalue weighted by Crippen LogP contribution is 2.25. The predicted molar refractivity (Wildman–Crippen MR) is 67.8 cm³/mol. The van der Waals surface area contributed by atoms with E-state index in [2.05, 4.69) is 15.5 Å². The van der Waals surface area contributed by atoms with E-state index in [1.807, 2.05) is 13.0 Å². The zero-order valence-electron chi connectivity index (χ0n) is 10.8. The van der Waals surface area contributed by atoms with Gasteiger partial charge in [0.1, 0.15) is 0 Å². The normalized spacial score (nSPS) is 23.8. The summed E-state index contributed by atoms with van der Waals surface area (Å²) < 4.78 is 5.10. The summed E-state index contributed by atoms with van der Waals surface area (Å²) >= 11 is 0. The largest absolute Gasteiger partial charge is 0.466 e. The van der Waals surface area contributed by atoms with Crippen LogP contribution in [-0.4, -0.2) is 28.8 Å². The maximum Gasteiger partial charge on any atom is 0.308 e. The minimum Gasteiger partial charge on any atom is -0.466 e. The Kier molecular flexibility index (Phi) is 4.75. The van der Waals surface area contributed by atoms with E-state index in [0.717, 1.165) is 37.9 Å². The first-order valence-electron chi connectivity index (χ1n) is 6.68. The number of aromatic amines is 1. The smallest absolute Gasteiger partial charge is 0.308 e. The molecule has 5 nitrogen and oxygen atoms in total. The van der Waals surface area contributed by atoms with Crippen molar-refractivity contribution < 1.29 is 9.53 Å². The molecular formula is C13H21N3O2. The monoisotopic (exact) mass is 251 g/mol. The van der Waals surface area contributed by atoms with Gasteiger partial charge < -0.3 is 10.1 Å². The lowest BCUT2D eigenvalue weighted by Crippen LogP contribution is -2.36. The Bertz CT molecular complexity index is 364. The number of esters is 1. The number of ether oxygens (including phenoxy) is 1. The molecule has 1 aliphatic rings. The van der Waals surface area contributed by atoms with Gasteiger partial charge >= 0.3 is 5.97 Å². The summed E-state index contributed by atoms with van der Waals surface area (Å²) in [7, 11) is 0. The maximum atomic E-state index is 11.7. The topological polar surface area (TPSA) is 67.0 Å². The first-order valence-corrected chi connectivity index (χ1v) is 6.68. The van der Waals surface area contributed by atoms with Gasteiger partial charge in [0.15, 0.2) is 0 Å². The molecule has 0 amide bonds. The maximum absolute atomic E-state index is 11.7. The van der Waals surface area contributed by atoms with E-state index in [0.29, 0.717) is 12.6 Å². The van der Waals surface area contributed by atoms with Crippen molar-refractivity contribution in [1.29, 1.82) is 0 Å². The molecule has 2 rings (SSSR count). The van der Waals surface area contributed by atoms with Crippen LogP contribution < -0.4 is 5.32 Å². The number of nitrogens with zero attached hydrogens (tertiary/aromatic N) is 1. The van der Waals surface area contributed by atoms with Crippen molar-refractivity contribution in [2.45, 2.75) is 45.2 Å². The van der Waals surface area contributed by atoms with Crippen molar-refractivity contribution >= 4 is 5.97 Å². The SMILES string of the molecule is CCOC(=O)C1CCCC(NCc2ccn[nH]2)C1. The lowest BCUT2D eigenvalue weighted by atomic mass is 9.85. The second kappa shape index (κ2) is 6.54. The van der Waals surface area contributed by atoms with Crippen molar-refractivity contribution in [2.24, 2.45) is 5.92 Å². The molecule has 1 aromatic rings. The van der Waals surface area contributed by atoms with Crippen LogP contribution in [0.25, 0.3) is 0 Å². The number of nitrogens with one attached hydrogen (secondary N) is 2. The Morgan fingerprint density at radius 2 is 2.50 bits per heavy atom. The van der Waals surface area contributed by atoms with E-state index in [1.165, 1.54) is 0 Å². The van der Waals surface area contributed by atoms with E-state index < -0.39 is 0 Å². The molecule has 0 radical (unpaired) electrons. The summed E-state index contributed by atoms with van der Waals surface area (Å²) in [5.41, 5.74) is 1.08. The van der Waals surface area contributed by atoms with Crippen LogP contribution in [0.4, 0.5) is 0 Å². The second-order valence-corrected chi connectivity index (χ2v) is 4.78. The summed E-state index contributed by atoms with van der Waals surface area (Å²) in [5.74, 6) is 0.0310. The third-order valence-electron chi connectivity index (χ3n) is 3.43. The van der Waals surface area contributed by atoms with Gasteiger partial charge in [-0.05, 0) is 32.3 Å². The molecule has 5 heteroatoms. The van der Waals surface area contributed by atoms with Crippen molar-refractivity contribution in [1.82, 2.24) is 15.5 Å². The van der Waals surface area contributed by atoms with Crippen molar-refractivity contribution in [3.8, 4) is 0 Å². The van der Waals surface area contributed by atoms with Gasteiger partial charge in [-0.1, -0.05) is 6.42 Å². The zero-order chi connectivity index (χ0) is 12.8. The van der Waals surface area contributed by atoms with Gasteiger partial charge in [-0.3, -0.25) is 9.89 Å². The number of carbonyl (C=O) groups is 1. The first-order chi connectivity index (χ1) is 8.79. The molecule has 0 aromatic carbocycles. The zero-order valence-corrected chi connectivity index (χ0v) is 10.8. The second-order valence-electron chi connectivity index (χ2n) is 4.78. The van der Waals surface area contributed by atoms with Crippen LogP contribution in [0.2, 0.25) is 0 Å².